The molecule has 0 atom stereocenters. The molecule has 2 rings (SSSR count). The van der Waals surface area contributed by atoms with E-state index in [2.05, 4.69) is 4.98 Å². The van der Waals surface area contributed by atoms with Gasteiger partial charge in [-0.25, -0.2) is 0 Å². The van der Waals surface area contributed by atoms with Gasteiger partial charge in [-0.15, -0.1) is 0 Å². The molecule has 0 unspecified atom stereocenters. The van der Waals surface area contributed by atoms with Crippen LogP contribution in [0, 0.1) is 6.92 Å². The smallest absolute Gasteiger partial charge is 0.150 e. The van der Waals surface area contributed by atoms with Gasteiger partial charge in [0.15, 0.2) is 0 Å². The summed E-state index contributed by atoms with van der Waals surface area (Å²) in [7, 11) is 0. The predicted octanol–water partition coefficient (Wildman–Crippen LogP) is 2.87. The van der Waals surface area contributed by atoms with E-state index in [0.717, 1.165) is 23.0 Å². The van der Waals surface area contributed by atoms with Crippen molar-refractivity contribution in [2.45, 2.75) is 6.92 Å². The normalized spacial score (nSPS) is 9.93. The second kappa shape index (κ2) is 4.05. The molecule has 1 heterocycles. The summed E-state index contributed by atoms with van der Waals surface area (Å²) >= 11 is 0. The van der Waals surface area contributed by atoms with Crippen molar-refractivity contribution in [1.29, 1.82) is 0 Å². The maximum atomic E-state index is 10.7. The molecule has 0 aliphatic rings. The van der Waals surface area contributed by atoms with Gasteiger partial charge in [-0.1, -0.05) is 12.1 Å². The minimum absolute atomic E-state index is 0.701. The van der Waals surface area contributed by atoms with Gasteiger partial charge in [0.05, 0.1) is 0 Å². The van der Waals surface area contributed by atoms with Crippen LogP contribution in [-0.2, 0) is 0 Å². The summed E-state index contributed by atoms with van der Waals surface area (Å²) in [5.74, 6) is 0. The lowest BCUT2D eigenvalue weighted by atomic mass is 9.99. The minimum Gasteiger partial charge on any atom is -0.298 e. The van der Waals surface area contributed by atoms with Crippen LogP contribution in [0.4, 0.5) is 0 Å². The first-order valence-electron chi connectivity index (χ1n) is 4.77. The van der Waals surface area contributed by atoms with E-state index in [4.69, 9.17) is 0 Å². The number of nitrogens with zero attached hydrogens (tertiary/aromatic N) is 1. The number of benzene rings is 1. The monoisotopic (exact) mass is 197 g/mol. The number of aldehydes is 1. The number of rotatable bonds is 2. The molecular weight excluding hydrogens is 186 g/mol. The van der Waals surface area contributed by atoms with Crippen molar-refractivity contribution in [3.8, 4) is 11.1 Å². The molecule has 0 saturated carbocycles. The molecule has 0 N–H and O–H groups in total. The van der Waals surface area contributed by atoms with E-state index >= 15 is 0 Å². The van der Waals surface area contributed by atoms with Crippen LogP contribution in [0.25, 0.3) is 11.1 Å². The summed E-state index contributed by atoms with van der Waals surface area (Å²) < 4.78 is 0. The molecule has 0 bridgehead atoms. The van der Waals surface area contributed by atoms with Crippen LogP contribution in [0.2, 0.25) is 0 Å². The third kappa shape index (κ3) is 1.94. The molecule has 0 amide bonds. The van der Waals surface area contributed by atoms with E-state index in [-0.39, 0.29) is 0 Å². The number of pyridine rings is 1. The van der Waals surface area contributed by atoms with Crippen LogP contribution in [-0.4, -0.2) is 11.3 Å². The zero-order valence-corrected chi connectivity index (χ0v) is 8.47. The van der Waals surface area contributed by atoms with E-state index in [1.807, 2.05) is 37.3 Å². The molecular formula is C13H11NO. The van der Waals surface area contributed by atoms with Crippen molar-refractivity contribution >= 4 is 6.29 Å². The first-order chi connectivity index (χ1) is 7.31. The SMILES string of the molecule is Cc1ccc(C=O)cc1-c1ccncc1. The van der Waals surface area contributed by atoms with Gasteiger partial charge in [0.25, 0.3) is 0 Å². The Morgan fingerprint density at radius 3 is 2.53 bits per heavy atom. The zero-order chi connectivity index (χ0) is 10.7. The molecule has 1 aromatic carbocycles. The summed E-state index contributed by atoms with van der Waals surface area (Å²) in [4.78, 5) is 14.7. The highest BCUT2D eigenvalue weighted by atomic mass is 16.1. The number of hydrogen-bond acceptors (Lipinski definition) is 2. The summed E-state index contributed by atoms with van der Waals surface area (Å²) in [5, 5.41) is 0. The van der Waals surface area contributed by atoms with E-state index in [1.165, 1.54) is 0 Å². The maximum absolute atomic E-state index is 10.7. The average Bonchev–Trinajstić information content (AvgIpc) is 2.31. The molecule has 2 nitrogen and oxygen atoms in total. The second-order valence-corrected chi connectivity index (χ2v) is 3.43. The van der Waals surface area contributed by atoms with Gasteiger partial charge in [-0.2, -0.15) is 0 Å². The first-order valence-corrected chi connectivity index (χ1v) is 4.77. The molecule has 2 heteroatoms. The van der Waals surface area contributed by atoms with E-state index < -0.39 is 0 Å². The largest absolute Gasteiger partial charge is 0.298 e. The third-order valence-electron chi connectivity index (χ3n) is 2.39. The predicted molar refractivity (Wildman–Crippen MR) is 59.8 cm³/mol. The Kier molecular flexibility index (Phi) is 2.59. The first kappa shape index (κ1) is 9.59. The topological polar surface area (TPSA) is 30.0 Å². The van der Waals surface area contributed by atoms with Crippen molar-refractivity contribution in [3.05, 3.63) is 53.9 Å². The van der Waals surface area contributed by atoms with E-state index in [0.29, 0.717) is 5.56 Å². The Bertz CT molecular complexity index is 477. The van der Waals surface area contributed by atoms with Crippen LogP contribution < -0.4 is 0 Å². The van der Waals surface area contributed by atoms with Gasteiger partial charge in [0, 0.05) is 18.0 Å². The molecule has 0 spiro atoms. The Balaban J connectivity index is 2.57. The van der Waals surface area contributed by atoms with E-state index in [1.54, 1.807) is 12.4 Å². The molecule has 0 saturated heterocycles. The minimum atomic E-state index is 0.701. The molecule has 0 aliphatic carbocycles. The maximum Gasteiger partial charge on any atom is 0.150 e. The number of carbonyl (C=O) groups excluding carboxylic acids is 1. The summed E-state index contributed by atoms with van der Waals surface area (Å²) in [6.45, 7) is 2.03. The van der Waals surface area contributed by atoms with E-state index in [9.17, 15) is 4.79 Å². The van der Waals surface area contributed by atoms with Gasteiger partial charge < -0.3 is 0 Å². The lowest BCUT2D eigenvalue weighted by molar-refractivity contribution is 0.112. The molecule has 74 valence electrons. The number of hydrogen-bond donors (Lipinski definition) is 0. The number of carbonyl (C=O) groups is 1. The van der Waals surface area contributed by atoms with Crippen molar-refractivity contribution in [1.82, 2.24) is 4.98 Å². The Labute approximate surface area is 88.6 Å². The van der Waals surface area contributed by atoms with Crippen LogP contribution >= 0.6 is 0 Å². The molecule has 15 heavy (non-hydrogen) atoms. The fourth-order valence-electron chi connectivity index (χ4n) is 1.56. The van der Waals surface area contributed by atoms with Crippen molar-refractivity contribution in [3.63, 3.8) is 0 Å². The zero-order valence-electron chi connectivity index (χ0n) is 8.47. The fourth-order valence-corrected chi connectivity index (χ4v) is 1.56. The Hall–Kier alpha value is -1.96. The lowest BCUT2D eigenvalue weighted by Crippen LogP contribution is -1.87. The molecule has 2 aromatic rings. The lowest BCUT2D eigenvalue weighted by Gasteiger charge is -2.05. The highest BCUT2D eigenvalue weighted by molar-refractivity contribution is 5.80. The van der Waals surface area contributed by atoms with Crippen molar-refractivity contribution < 1.29 is 4.79 Å². The van der Waals surface area contributed by atoms with Crippen LogP contribution in [0.5, 0.6) is 0 Å². The van der Waals surface area contributed by atoms with Crippen LogP contribution in [0.1, 0.15) is 15.9 Å². The van der Waals surface area contributed by atoms with Crippen molar-refractivity contribution in [2.24, 2.45) is 0 Å². The molecule has 0 radical (unpaired) electrons. The number of aromatic nitrogens is 1. The van der Waals surface area contributed by atoms with Gasteiger partial charge in [-0.05, 0) is 41.8 Å². The highest BCUT2D eigenvalue weighted by Gasteiger charge is 2.02. The van der Waals surface area contributed by atoms with Gasteiger partial charge in [0.1, 0.15) is 6.29 Å². The molecule has 1 aromatic heterocycles. The standard InChI is InChI=1S/C13H11NO/c1-10-2-3-11(9-15)8-13(10)12-4-6-14-7-5-12/h2-9H,1H3. The van der Waals surface area contributed by atoms with Crippen molar-refractivity contribution in [2.75, 3.05) is 0 Å². The van der Waals surface area contributed by atoms with Gasteiger partial charge >= 0.3 is 0 Å². The quantitative estimate of drug-likeness (QED) is 0.693. The van der Waals surface area contributed by atoms with Crippen LogP contribution in [0.3, 0.4) is 0 Å². The summed E-state index contributed by atoms with van der Waals surface area (Å²) in [6.07, 6.45) is 4.37. The molecule has 0 aliphatic heterocycles. The van der Waals surface area contributed by atoms with Crippen LogP contribution in [0.15, 0.2) is 42.7 Å². The second-order valence-electron chi connectivity index (χ2n) is 3.43. The summed E-state index contributed by atoms with van der Waals surface area (Å²) in [6, 6.07) is 9.57. The fraction of sp³-hybridized carbons (Fsp3) is 0.0769. The third-order valence-corrected chi connectivity index (χ3v) is 2.39. The highest BCUT2D eigenvalue weighted by Crippen LogP contribution is 2.23. The number of aryl methyl sites for hydroxylation is 1. The van der Waals surface area contributed by atoms with Gasteiger partial charge in [-0.3, -0.25) is 9.78 Å². The van der Waals surface area contributed by atoms with Gasteiger partial charge in [0.2, 0.25) is 0 Å². The Morgan fingerprint density at radius 1 is 1.13 bits per heavy atom. The average molecular weight is 197 g/mol. The summed E-state index contributed by atoms with van der Waals surface area (Å²) in [5.41, 5.74) is 4.03. The molecule has 0 fully saturated rings. The Morgan fingerprint density at radius 2 is 1.87 bits per heavy atom.